The molecule has 0 atom stereocenters. The van der Waals surface area contributed by atoms with Crippen molar-refractivity contribution in [3.8, 4) is 0 Å². The summed E-state index contributed by atoms with van der Waals surface area (Å²) in [5.41, 5.74) is -0.688. The molecule has 13 heavy (non-hydrogen) atoms. The Labute approximate surface area is 88.7 Å². The quantitative estimate of drug-likeness (QED) is 0.416. The molecule has 0 aliphatic rings. The summed E-state index contributed by atoms with van der Waals surface area (Å²) in [4.78, 5) is 21.4. The summed E-state index contributed by atoms with van der Waals surface area (Å²) in [6.45, 7) is 8.26. The Morgan fingerprint density at radius 3 is 2.23 bits per heavy atom. The Kier molecular flexibility index (Phi) is 6.80. The van der Waals surface area contributed by atoms with Crippen molar-refractivity contribution < 1.29 is 31.1 Å². The average molecular weight is 229 g/mol. The molecule has 77 valence electrons. The van der Waals surface area contributed by atoms with E-state index in [1.807, 2.05) is 0 Å². The number of hydrogen-bond donors (Lipinski definition) is 0. The van der Waals surface area contributed by atoms with Crippen LogP contribution in [0.3, 0.4) is 0 Å². The molecule has 0 fully saturated rings. The largest absolute Gasteiger partial charge is 0.455 e. The van der Waals surface area contributed by atoms with Gasteiger partial charge in [0.05, 0.1) is 0 Å². The molecule has 4 heteroatoms. The van der Waals surface area contributed by atoms with Crippen molar-refractivity contribution >= 4 is 11.8 Å². The molecule has 1 radical (unpaired) electrons. The van der Waals surface area contributed by atoms with E-state index in [0.29, 0.717) is 0 Å². The third kappa shape index (κ3) is 7.74. The summed E-state index contributed by atoms with van der Waals surface area (Å²) in [7, 11) is 0. The second-order valence-electron chi connectivity index (χ2n) is 3.16. The van der Waals surface area contributed by atoms with Gasteiger partial charge in [-0.25, -0.2) is 0 Å². The van der Waals surface area contributed by atoms with Crippen LogP contribution in [0.15, 0.2) is 12.7 Å². The molecular formula is C9H14CoO3. The number of carbonyl (C=O) groups is 2. The van der Waals surface area contributed by atoms with Crippen LogP contribution < -0.4 is 0 Å². The predicted molar refractivity (Wildman–Crippen MR) is 45.7 cm³/mol. The van der Waals surface area contributed by atoms with Gasteiger partial charge in [0.25, 0.3) is 0 Å². The Balaban J connectivity index is 0. The average Bonchev–Trinajstić information content (AvgIpc) is 1.84. The Morgan fingerprint density at radius 1 is 1.46 bits per heavy atom. The second-order valence-corrected chi connectivity index (χ2v) is 3.16. The topological polar surface area (TPSA) is 43.4 Å². The minimum atomic E-state index is -0.688. The van der Waals surface area contributed by atoms with Crippen LogP contribution in [0.5, 0.6) is 0 Å². The van der Waals surface area contributed by atoms with E-state index < -0.39 is 11.6 Å². The molecule has 0 aromatic heterocycles. The third-order valence-corrected chi connectivity index (χ3v) is 1.26. The van der Waals surface area contributed by atoms with Crippen molar-refractivity contribution in [2.45, 2.75) is 32.8 Å². The monoisotopic (exact) mass is 229 g/mol. The standard InChI is InChI=1S/C9H14O3.Co/c1-5-9(3,4)12-8(11)6-7(2)10;/h5H,1,6H2,2-4H3;. The number of esters is 1. The minimum absolute atomic E-state index is 0. The smallest absolute Gasteiger partial charge is 0.314 e. The zero-order valence-electron chi connectivity index (χ0n) is 8.05. The van der Waals surface area contributed by atoms with Gasteiger partial charge in [-0.15, -0.1) is 0 Å². The van der Waals surface area contributed by atoms with E-state index in [1.165, 1.54) is 13.0 Å². The van der Waals surface area contributed by atoms with Crippen LogP contribution in [0.1, 0.15) is 27.2 Å². The van der Waals surface area contributed by atoms with Gasteiger partial charge < -0.3 is 4.74 Å². The summed E-state index contributed by atoms with van der Waals surface area (Å²) >= 11 is 0. The van der Waals surface area contributed by atoms with Gasteiger partial charge in [0.1, 0.15) is 17.8 Å². The van der Waals surface area contributed by atoms with Crippen LogP contribution in [0.25, 0.3) is 0 Å². The first-order chi connectivity index (χ1) is 5.37. The molecule has 0 saturated carbocycles. The van der Waals surface area contributed by atoms with Crippen molar-refractivity contribution in [2.75, 3.05) is 0 Å². The summed E-state index contributed by atoms with van der Waals surface area (Å²) in [5.74, 6) is -0.702. The Morgan fingerprint density at radius 2 is 1.92 bits per heavy atom. The first-order valence-corrected chi connectivity index (χ1v) is 3.72. The fourth-order valence-corrected chi connectivity index (χ4v) is 0.574. The van der Waals surface area contributed by atoms with Gasteiger partial charge in [0.2, 0.25) is 0 Å². The number of ketones is 1. The third-order valence-electron chi connectivity index (χ3n) is 1.26. The molecule has 0 rings (SSSR count). The van der Waals surface area contributed by atoms with Crippen LogP contribution >= 0.6 is 0 Å². The zero-order chi connectivity index (χ0) is 9.78. The Hall–Kier alpha value is -0.614. The molecule has 0 amide bonds. The maximum absolute atomic E-state index is 10.9. The van der Waals surface area contributed by atoms with Gasteiger partial charge in [-0.05, 0) is 26.8 Å². The van der Waals surface area contributed by atoms with Crippen molar-refractivity contribution in [3.05, 3.63) is 12.7 Å². The molecule has 0 bridgehead atoms. The SMILES string of the molecule is C=CC(C)(C)OC(=O)CC(C)=O.[Co]. The predicted octanol–water partition coefficient (Wildman–Crippen LogP) is 1.47. The maximum Gasteiger partial charge on any atom is 0.314 e. The molecule has 0 aliphatic heterocycles. The molecule has 0 saturated heterocycles. The molecule has 0 N–H and O–H groups in total. The molecule has 0 aliphatic carbocycles. The summed E-state index contributed by atoms with van der Waals surface area (Å²) in [5, 5.41) is 0. The van der Waals surface area contributed by atoms with Crippen LogP contribution in [0, 0.1) is 0 Å². The van der Waals surface area contributed by atoms with Crippen molar-refractivity contribution in [1.29, 1.82) is 0 Å². The molecule has 0 aromatic carbocycles. The van der Waals surface area contributed by atoms with E-state index in [0.717, 1.165) is 0 Å². The van der Waals surface area contributed by atoms with E-state index in [1.54, 1.807) is 13.8 Å². The molecule has 0 heterocycles. The van der Waals surface area contributed by atoms with E-state index in [9.17, 15) is 9.59 Å². The molecule has 0 unspecified atom stereocenters. The van der Waals surface area contributed by atoms with Crippen molar-refractivity contribution in [2.24, 2.45) is 0 Å². The van der Waals surface area contributed by atoms with E-state index in [2.05, 4.69) is 6.58 Å². The van der Waals surface area contributed by atoms with Gasteiger partial charge in [0.15, 0.2) is 0 Å². The van der Waals surface area contributed by atoms with Gasteiger partial charge in [-0.1, -0.05) is 6.58 Å². The van der Waals surface area contributed by atoms with E-state index in [4.69, 9.17) is 4.74 Å². The van der Waals surface area contributed by atoms with Crippen LogP contribution in [-0.2, 0) is 31.1 Å². The van der Waals surface area contributed by atoms with Gasteiger partial charge in [0, 0.05) is 16.8 Å². The van der Waals surface area contributed by atoms with Gasteiger partial charge >= 0.3 is 5.97 Å². The van der Waals surface area contributed by atoms with Crippen molar-refractivity contribution in [1.82, 2.24) is 0 Å². The van der Waals surface area contributed by atoms with Crippen LogP contribution in [0.4, 0.5) is 0 Å². The van der Waals surface area contributed by atoms with Crippen LogP contribution in [0.2, 0.25) is 0 Å². The fourth-order valence-electron chi connectivity index (χ4n) is 0.574. The first-order valence-electron chi connectivity index (χ1n) is 3.72. The fraction of sp³-hybridized carbons (Fsp3) is 0.556. The zero-order valence-corrected chi connectivity index (χ0v) is 9.09. The summed E-state index contributed by atoms with van der Waals surface area (Å²) in [6, 6.07) is 0. The van der Waals surface area contributed by atoms with Crippen molar-refractivity contribution in [3.63, 3.8) is 0 Å². The van der Waals surface area contributed by atoms with E-state index in [-0.39, 0.29) is 29.0 Å². The Bertz CT molecular complexity index is 209. The summed E-state index contributed by atoms with van der Waals surface area (Å²) in [6.07, 6.45) is 1.35. The molecule has 0 aromatic rings. The van der Waals surface area contributed by atoms with E-state index >= 15 is 0 Å². The second kappa shape index (κ2) is 5.93. The summed E-state index contributed by atoms with van der Waals surface area (Å²) < 4.78 is 4.92. The molecule has 3 nitrogen and oxygen atoms in total. The normalized spacial score (nSPS) is 9.77. The van der Waals surface area contributed by atoms with Crippen LogP contribution in [-0.4, -0.2) is 17.4 Å². The molecule has 0 spiro atoms. The number of rotatable bonds is 4. The number of hydrogen-bond acceptors (Lipinski definition) is 3. The maximum atomic E-state index is 10.9. The molecular weight excluding hydrogens is 215 g/mol. The van der Waals surface area contributed by atoms with Gasteiger partial charge in [-0.2, -0.15) is 0 Å². The number of ether oxygens (including phenoxy) is 1. The number of Topliss-reactive ketones (excluding diaryl/α,β-unsaturated/α-hetero) is 1. The first kappa shape index (κ1) is 14.9. The number of carbonyl (C=O) groups excluding carboxylic acids is 2. The minimum Gasteiger partial charge on any atom is -0.455 e. The van der Waals surface area contributed by atoms with Gasteiger partial charge in [-0.3, -0.25) is 9.59 Å².